The van der Waals surface area contributed by atoms with E-state index in [1.54, 1.807) is 0 Å². The molecule has 0 radical (unpaired) electrons. The van der Waals surface area contributed by atoms with Crippen LogP contribution in [0.25, 0.3) is 0 Å². The zero-order chi connectivity index (χ0) is 18.9. The van der Waals surface area contributed by atoms with Crippen molar-refractivity contribution in [2.24, 2.45) is 0 Å². The highest BCUT2D eigenvalue weighted by molar-refractivity contribution is 7.91. The van der Waals surface area contributed by atoms with Gasteiger partial charge in [0.05, 0.1) is 17.5 Å². The van der Waals surface area contributed by atoms with Crippen LogP contribution in [-0.4, -0.2) is 77.6 Å². The van der Waals surface area contributed by atoms with Gasteiger partial charge in [-0.15, -0.1) is 0 Å². The van der Waals surface area contributed by atoms with Crippen LogP contribution in [0.15, 0.2) is 6.07 Å². The summed E-state index contributed by atoms with van der Waals surface area (Å²) in [7, 11) is -2.87. The summed E-state index contributed by atoms with van der Waals surface area (Å²) >= 11 is 0. The lowest BCUT2D eigenvalue weighted by molar-refractivity contribution is 0.0581. The fourth-order valence-electron chi connectivity index (χ4n) is 4.11. The number of aryl methyl sites for hydroxylation is 1. The number of aromatic nitrogens is 2. The molecule has 1 aromatic heterocycles. The molecule has 2 saturated heterocycles. The van der Waals surface area contributed by atoms with E-state index in [0.717, 1.165) is 38.0 Å². The summed E-state index contributed by atoms with van der Waals surface area (Å²) in [4.78, 5) is 16.9. The second-order valence-corrected chi connectivity index (χ2v) is 9.70. The maximum absolute atomic E-state index is 12.8. The van der Waals surface area contributed by atoms with Gasteiger partial charge in [-0.25, -0.2) is 8.42 Å². The second kappa shape index (κ2) is 7.68. The number of sulfone groups is 1. The molecule has 0 spiro atoms. The summed E-state index contributed by atoms with van der Waals surface area (Å²) in [6.07, 6.45) is 2.71. The molecule has 1 amide bonds. The third-order valence-electron chi connectivity index (χ3n) is 5.76. The van der Waals surface area contributed by atoms with Crippen molar-refractivity contribution in [2.45, 2.75) is 52.1 Å². The normalized spacial score (nSPS) is 23.7. The molecule has 7 nitrogen and oxygen atoms in total. The average molecular weight is 383 g/mol. The predicted molar refractivity (Wildman–Crippen MR) is 101 cm³/mol. The fourth-order valence-corrected chi connectivity index (χ4v) is 5.87. The highest BCUT2D eigenvalue weighted by Crippen LogP contribution is 2.21. The minimum absolute atomic E-state index is 0.0171. The lowest BCUT2D eigenvalue weighted by Crippen LogP contribution is -2.52. The Kier molecular flexibility index (Phi) is 5.72. The quantitative estimate of drug-likeness (QED) is 0.771. The van der Waals surface area contributed by atoms with Crippen LogP contribution in [0.1, 0.15) is 55.3 Å². The molecule has 0 saturated carbocycles. The van der Waals surface area contributed by atoms with E-state index in [2.05, 4.69) is 23.8 Å². The van der Waals surface area contributed by atoms with Crippen LogP contribution in [-0.2, 0) is 9.84 Å². The Labute approximate surface area is 156 Å². The Morgan fingerprint density at radius 2 is 1.88 bits per heavy atom. The Balaban J connectivity index is 1.61. The molecular weight excluding hydrogens is 352 g/mol. The van der Waals surface area contributed by atoms with Gasteiger partial charge in [-0.2, -0.15) is 5.10 Å². The molecule has 0 bridgehead atoms. The van der Waals surface area contributed by atoms with Gasteiger partial charge in [-0.3, -0.25) is 14.4 Å². The zero-order valence-electron chi connectivity index (χ0n) is 16.0. The van der Waals surface area contributed by atoms with Crippen LogP contribution in [0, 0.1) is 6.92 Å². The van der Waals surface area contributed by atoms with Crippen molar-refractivity contribution >= 4 is 15.7 Å². The standard InChI is InChI=1S/C18H30N4O3S/c1-4-15(5-2)22-14(3)12-17(19-22)18(23)21-9-7-20(8-10-21)16-6-11-26(24,25)13-16/h12,15-16H,4-11,13H2,1-3H3. The molecule has 8 heteroatoms. The SMILES string of the molecule is CCC(CC)n1nc(C(=O)N2CCN(C3CCS(=O)(=O)C3)CC2)cc1C. The van der Waals surface area contributed by atoms with Crippen molar-refractivity contribution in [3.05, 3.63) is 17.5 Å². The Hall–Kier alpha value is -1.41. The first-order valence-electron chi connectivity index (χ1n) is 9.64. The molecule has 26 heavy (non-hydrogen) atoms. The van der Waals surface area contributed by atoms with E-state index in [1.165, 1.54) is 0 Å². The molecule has 0 N–H and O–H groups in total. The van der Waals surface area contributed by atoms with E-state index in [1.807, 2.05) is 22.6 Å². The molecule has 1 unspecified atom stereocenters. The van der Waals surface area contributed by atoms with Gasteiger partial charge in [0.1, 0.15) is 0 Å². The minimum Gasteiger partial charge on any atom is -0.335 e. The Morgan fingerprint density at radius 3 is 2.42 bits per heavy atom. The number of hydrogen-bond acceptors (Lipinski definition) is 5. The molecular formula is C18H30N4O3S. The average Bonchev–Trinajstić information content (AvgIpc) is 3.18. The van der Waals surface area contributed by atoms with Crippen LogP contribution < -0.4 is 0 Å². The zero-order valence-corrected chi connectivity index (χ0v) is 16.8. The number of amides is 1. The van der Waals surface area contributed by atoms with Crippen LogP contribution in [0.4, 0.5) is 0 Å². The summed E-state index contributed by atoms with van der Waals surface area (Å²) in [5.74, 6) is 0.542. The lowest BCUT2D eigenvalue weighted by atomic mass is 10.2. The topological polar surface area (TPSA) is 75.5 Å². The predicted octanol–water partition coefficient (Wildman–Crippen LogP) is 1.50. The molecule has 2 aliphatic heterocycles. The van der Waals surface area contributed by atoms with Gasteiger partial charge in [0.2, 0.25) is 0 Å². The maximum atomic E-state index is 12.8. The van der Waals surface area contributed by atoms with Crippen molar-refractivity contribution in [1.29, 1.82) is 0 Å². The number of carbonyl (C=O) groups excluding carboxylic acids is 1. The number of nitrogens with zero attached hydrogens (tertiary/aromatic N) is 4. The summed E-state index contributed by atoms with van der Waals surface area (Å²) in [5.41, 5.74) is 1.54. The van der Waals surface area contributed by atoms with Gasteiger partial charge in [0.15, 0.2) is 15.5 Å². The molecule has 2 aliphatic rings. The van der Waals surface area contributed by atoms with Crippen molar-refractivity contribution < 1.29 is 13.2 Å². The second-order valence-electron chi connectivity index (χ2n) is 7.47. The van der Waals surface area contributed by atoms with E-state index in [9.17, 15) is 13.2 Å². The van der Waals surface area contributed by atoms with E-state index < -0.39 is 9.84 Å². The first kappa shape index (κ1) is 19.4. The summed E-state index contributed by atoms with van der Waals surface area (Å²) < 4.78 is 25.3. The van der Waals surface area contributed by atoms with Crippen molar-refractivity contribution in [1.82, 2.24) is 19.6 Å². The third-order valence-corrected chi connectivity index (χ3v) is 7.51. The smallest absolute Gasteiger partial charge is 0.274 e. The molecule has 3 rings (SSSR count). The first-order valence-corrected chi connectivity index (χ1v) is 11.5. The minimum atomic E-state index is -2.87. The highest BCUT2D eigenvalue weighted by Gasteiger charge is 2.34. The van der Waals surface area contributed by atoms with Crippen LogP contribution in [0.5, 0.6) is 0 Å². The number of piperazine rings is 1. The number of hydrogen-bond donors (Lipinski definition) is 0. The van der Waals surface area contributed by atoms with E-state index in [4.69, 9.17) is 0 Å². The van der Waals surface area contributed by atoms with E-state index in [0.29, 0.717) is 30.6 Å². The largest absolute Gasteiger partial charge is 0.335 e. The fraction of sp³-hybridized carbons (Fsp3) is 0.778. The van der Waals surface area contributed by atoms with Crippen LogP contribution in [0.2, 0.25) is 0 Å². The maximum Gasteiger partial charge on any atom is 0.274 e. The molecule has 0 aromatic carbocycles. The van der Waals surface area contributed by atoms with Crippen LogP contribution in [0.3, 0.4) is 0 Å². The summed E-state index contributed by atoms with van der Waals surface area (Å²) in [6.45, 7) is 9.01. The summed E-state index contributed by atoms with van der Waals surface area (Å²) in [5, 5.41) is 4.57. The molecule has 146 valence electrons. The van der Waals surface area contributed by atoms with Crippen molar-refractivity contribution in [2.75, 3.05) is 37.7 Å². The molecule has 2 fully saturated rings. The van der Waals surface area contributed by atoms with Gasteiger partial charge >= 0.3 is 0 Å². The monoisotopic (exact) mass is 382 g/mol. The van der Waals surface area contributed by atoms with Gasteiger partial charge in [-0.1, -0.05) is 13.8 Å². The van der Waals surface area contributed by atoms with Crippen molar-refractivity contribution in [3.8, 4) is 0 Å². The first-order chi connectivity index (χ1) is 12.3. The number of carbonyl (C=O) groups is 1. The highest BCUT2D eigenvalue weighted by atomic mass is 32.2. The van der Waals surface area contributed by atoms with Gasteiger partial charge in [-0.05, 0) is 32.3 Å². The van der Waals surface area contributed by atoms with Crippen molar-refractivity contribution in [3.63, 3.8) is 0 Å². The van der Waals surface area contributed by atoms with Gasteiger partial charge in [0.25, 0.3) is 5.91 Å². The van der Waals surface area contributed by atoms with E-state index in [-0.39, 0.29) is 17.7 Å². The Bertz CT molecular complexity index is 746. The third kappa shape index (κ3) is 3.96. The summed E-state index contributed by atoms with van der Waals surface area (Å²) in [6, 6.07) is 2.34. The van der Waals surface area contributed by atoms with Crippen LogP contribution >= 0.6 is 0 Å². The Morgan fingerprint density at radius 1 is 1.23 bits per heavy atom. The van der Waals surface area contributed by atoms with Gasteiger partial charge in [0, 0.05) is 37.9 Å². The molecule has 1 atom stereocenters. The molecule has 3 heterocycles. The van der Waals surface area contributed by atoms with E-state index >= 15 is 0 Å². The molecule has 0 aliphatic carbocycles. The number of rotatable bonds is 5. The molecule has 1 aromatic rings. The van der Waals surface area contributed by atoms with Gasteiger partial charge < -0.3 is 4.90 Å². The lowest BCUT2D eigenvalue weighted by Gasteiger charge is -2.37.